The van der Waals surface area contributed by atoms with Crippen molar-refractivity contribution >= 4 is 12.2 Å². The number of allylic oxidation sites excluding steroid dienone is 2. The molecule has 4 heteroatoms. The Morgan fingerprint density at radius 2 is 1.39 bits per heavy atom. The van der Waals surface area contributed by atoms with E-state index in [1.54, 1.807) is 12.2 Å². The molecular weight excluding hydrogens is 348 g/mol. The van der Waals surface area contributed by atoms with Crippen molar-refractivity contribution in [1.29, 1.82) is 10.5 Å². The first-order valence-electron chi connectivity index (χ1n) is 9.37. The van der Waals surface area contributed by atoms with Gasteiger partial charge in [0.15, 0.2) is 0 Å². The molecular formula is C24H24N2O2. The molecule has 2 aromatic carbocycles. The number of aryl methyl sites for hydroxylation is 1. The molecule has 0 radical (unpaired) electrons. The summed E-state index contributed by atoms with van der Waals surface area (Å²) in [6.45, 7) is 7.11. The summed E-state index contributed by atoms with van der Waals surface area (Å²) >= 11 is 0. The monoisotopic (exact) mass is 372 g/mol. The number of ether oxygens (including phenoxy) is 2. The molecule has 0 unspecified atom stereocenters. The van der Waals surface area contributed by atoms with Gasteiger partial charge >= 0.3 is 0 Å². The van der Waals surface area contributed by atoms with Crippen LogP contribution < -0.4 is 9.47 Å². The van der Waals surface area contributed by atoms with E-state index < -0.39 is 0 Å². The van der Waals surface area contributed by atoms with Gasteiger partial charge in [0, 0.05) is 0 Å². The minimum atomic E-state index is 0.308. The Labute approximate surface area is 167 Å². The largest absolute Gasteiger partial charge is 0.494 e. The van der Waals surface area contributed by atoms with Crippen molar-refractivity contribution in [3.05, 3.63) is 70.3 Å². The average Bonchev–Trinajstić information content (AvgIpc) is 2.72. The van der Waals surface area contributed by atoms with Crippen LogP contribution in [0.1, 0.15) is 37.5 Å². The Hall–Kier alpha value is -3.50. The zero-order valence-corrected chi connectivity index (χ0v) is 16.5. The normalized spacial score (nSPS) is 11.5. The van der Waals surface area contributed by atoms with Gasteiger partial charge in [-0.3, -0.25) is 0 Å². The average molecular weight is 372 g/mol. The molecule has 0 saturated heterocycles. The Morgan fingerprint density at radius 3 is 1.93 bits per heavy atom. The first kappa shape index (κ1) is 20.8. The van der Waals surface area contributed by atoms with Crippen LogP contribution in [0, 0.1) is 22.7 Å². The zero-order valence-electron chi connectivity index (χ0n) is 16.5. The highest BCUT2D eigenvalue weighted by Gasteiger charge is 2.07. The molecule has 0 amide bonds. The summed E-state index contributed by atoms with van der Waals surface area (Å²) in [4.78, 5) is 0. The standard InChI is InChI=1S/C24H24N2O2/c1-4-20-10-7-19(15-24(20)28-6-3)14-22(17-26)21(16-25)13-18-8-11-23(12-9-18)27-5-2/h7-15H,4-6H2,1-3H3/b21-13+,22-14+. The molecule has 0 bridgehead atoms. The van der Waals surface area contributed by atoms with Gasteiger partial charge in [-0.25, -0.2) is 0 Å². The first-order chi connectivity index (χ1) is 13.6. The van der Waals surface area contributed by atoms with Gasteiger partial charge in [0.25, 0.3) is 0 Å². The van der Waals surface area contributed by atoms with E-state index in [1.165, 1.54) is 0 Å². The fourth-order valence-corrected chi connectivity index (χ4v) is 2.74. The fraction of sp³-hybridized carbons (Fsp3) is 0.250. The van der Waals surface area contributed by atoms with Crippen molar-refractivity contribution in [3.63, 3.8) is 0 Å². The zero-order chi connectivity index (χ0) is 20.4. The van der Waals surface area contributed by atoms with Crippen molar-refractivity contribution in [2.45, 2.75) is 27.2 Å². The maximum absolute atomic E-state index is 9.59. The van der Waals surface area contributed by atoms with Crippen LogP contribution >= 0.6 is 0 Å². The van der Waals surface area contributed by atoms with E-state index in [-0.39, 0.29) is 0 Å². The van der Waals surface area contributed by atoms with Gasteiger partial charge in [-0.05, 0) is 67.3 Å². The number of benzene rings is 2. The fourth-order valence-electron chi connectivity index (χ4n) is 2.74. The number of hydrogen-bond donors (Lipinski definition) is 0. The predicted octanol–water partition coefficient (Wildman–Crippen LogP) is 5.56. The summed E-state index contributed by atoms with van der Waals surface area (Å²) < 4.78 is 11.1. The van der Waals surface area contributed by atoms with Gasteiger partial charge in [-0.15, -0.1) is 0 Å². The quantitative estimate of drug-likeness (QED) is 0.449. The molecule has 0 aromatic heterocycles. The van der Waals surface area contributed by atoms with Gasteiger partial charge in [-0.2, -0.15) is 10.5 Å². The molecule has 0 N–H and O–H groups in total. The van der Waals surface area contributed by atoms with E-state index in [0.717, 1.165) is 34.6 Å². The van der Waals surface area contributed by atoms with Crippen molar-refractivity contribution in [3.8, 4) is 23.6 Å². The highest BCUT2D eigenvalue weighted by molar-refractivity contribution is 5.74. The molecule has 0 aliphatic heterocycles. The van der Waals surface area contributed by atoms with Crippen molar-refractivity contribution in [1.82, 2.24) is 0 Å². The summed E-state index contributed by atoms with van der Waals surface area (Å²) in [5.74, 6) is 1.58. The molecule has 0 aliphatic rings. The third-order valence-electron chi connectivity index (χ3n) is 4.12. The molecule has 142 valence electrons. The van der Waals surface area contributed by atoms with Gasteiger partial charge < -0.3 is 9.47 Å². The molecule has 0 heterocycles. The van der Waals surface area contributed by atoms with E-state index in [1.807, 2.05) is 56.3 Å². The second-order valence-electron chi connectivity index (χ2n) is 6.00. The van der Waals surface area contributed by atoms with Crippen LogP contribution in [0.3, 0.4) is 0 Å². The highest BCUT2D eigenvalue weighted by atomic mass is 16.5. The maximum atomic E-state index is 9.59. The smallest absolute Gasteiger partial charge is 0.123 e. The Kier molecular flexibility index (Phi) is 7.88. The van der Waals surface area contributed by atoms with Gasteiger partial charge in [-0.1, -0.05) is 31.2 Å². The van der Waals surface area contributed by atoms with Crippen LogP contribution in [0.4, 0.5) is 0 Å². The Balaban J connectivity index is 2.37. The van der Waals surface area contributed by atoms with Crippen LogP contribution in [0.15, 0.2) is 53.6 Å². The highest BCUT2D eigenvalue weighted by Crippen LogP contribution is 2.24. The molecule has 0 fully saturated rings. The van der Waals surface area contributed by atoms with Crippen molar-refractivity contribution in [2.75, 3.05) is 13.2 Å². The predicted molar refractivity (Wildman–Crippen MR) is 112 cm³/mol. The number of nitriles is 2. The number of nitrogens with zero attached hydrogens (tertiary/aromatic N) is 2. The molecule has 2 rings (SSSR count). The minimum Gasteiger partial charge on any atom is -0.494 e. The number of hydrogen-bond acceptors (Lipinski definition) is 4. The molecule has 0 saturated carbocycles. The third-order valence-corrected chi connectivity index (χ3v) is 4.12. The van der Waals surface area contributed by atoms with Gasteiger partial charge in [0.1, 0.15) is 23.6 Å². The summed E-state index contributed by atoms with van der Waals surface area (Å²) in [6, 6.07) is 17.5. The molecule has 2 aromatic rings. The molecule has 0 spiro atoms. The lowest BCUT2D eigenvalue weighted by Crippen LogP contribution is -1.96. The van der Waals surface area contributed by atoms with Crippen LogP contribution in [0.2, 0.25) is 0 Å². The van der Waals surface area contributed by atoms with Crippen molar-refractivity contribution < 1.29 is 9.47 Å². The lowest BCUT2D eigenvalue weighted by molar-refractivity contribution is 0.337. The van der Waals surface area contributed by atoms with E-state index in [2.05, 4.69) is 19.1 Å². The van der Waals surface area contributed by atoms with Crippen LogP contribution in [0.5, 0.6) is 11.5 Å². The molecule has 0 aliphatic carbocycles. The third kappa shape index (κ3) is 5.50. The number of rotatable bonds is 8. The minimum absolute atomic E-state index is 0.308. The maximum Gasteiger partial charge on any atom is 0.123 e. The molecule has 28 heavy (non-hydrogen) atoms. The molecule has 4 nitrogen and oxygen atoms in total. The second-order valence-corrected chi connectivity index (χ2v) is 6.00. The summed E-state index contributed by atoms with van der Waals surface area (Å²) in [5, 5.41) is 19.2. The van der Waals surface area contributed by atoms with Gasteiger partial charge in [0.2, 0.25) is 0 Å². The van der Waals surface area contributed by atoms with E-state index in [0.29, 0.717) is 24.4 Å². The lowest BCUT2D eigenvalue weighted by atomic mass is 10.0. The van der Waals surface area contributed by atoms with E-state index >= 15 is 0 Å². The topological polar surface area (TPSA) is 66.0 Å². The molecule has 0 atom stereocenters. The first-order valence-corrected chi connectivity index (χ1v) is 9.37. The Morgan fingerprint density at radius 1 is 0.821 bits per heavy atom. The summed E-state index contributed by atoms with van der Waals surface area (Å²) in [7, 11) is 0. The Bertz CT molecular complexity index is 942. The summed E-state index contributed by atoms with van der Waals surface area (Å²) in [5.41, 5.74) is 3.39. The van der Waals surface area contributed by atoms with Crippen LogP contribution in [-0.2, 0) is 6.42 Å². The van der Waals surface area contributed by atoms with Crippen LogP contribution in [-0.4, -0.2) is 13.2 Å². The van der Waals surface area contributed by atoms with Crippen molar-refractivity contribution in [2.24, 2.45) is 0 Å². The van der Waals surface area contributed by atoms with Crippen LogP contribution in [0.25, 0.3) is 12.2 Å². The second kappa shape index (κ2) is 10.6. The lowest BCUT2D eigenvalue weighted by Gasteiger charge is -2.09. The summed E-state index contributed by atoms with van der Waals surface area (Å²) in [6.07, 6.45) is 4.28. The van der Waals surface area contributed by atoms with E-state index in [4.69, 9.17) is 9.47 Å². The van der Waals surface area contributed by atoms with Gasteiger partial charge in [0.05, 0.1) is 24.4 Å². The SMILES string of the molecule is CCOc1ccc(/C=C(C#N)/C(C#N)=C/c2ccc(CC)c(OCC)c2)cc1. The van der Waals surface area contributed by atoms with E-state index in [9.17, 15) is 10.5 Å².